The van der Waals surface area contributed by atoms with E-state index in [0.717, 1.165) is 11.3 Å². The number of aryl methyl sites for hydroxylation is 1. The lowest BCUT2D eigenvalue weighted by Crippen LogP contribution is -2.58. The Kier molecular flexibility index (Phi) is 5.79. The SMILES string of the molecule is COc1cc(OC)cc(C(=O)N2CCN(c3cc(Cl)ccc3C)C(=O)[C@H]2C)c1. The van der Waals surface area contributed by atoms with Crippen molar-refractivity contribution in [2.45, 2.75) is 19.9 Å². The van der Waals surface area contributed by atoms with E-state index in [2.05, 4.69) is 0 Å². The molecule has 1 heterocycles. The third-order valence-electron chi connectivity index (χ3n) is 4.98. The van der Waals surface area contributed by atoms with Crippen LogP contribution in [0.3, 0.4) is 0 Å². The molecule has 1 aliphatic heterocycles. The van der Waals surface area contributed by atoms with E-state index in [0.29, 0.717) is 35.2 Å². The molecule has 0 N–H and O–H groups in total. The first-order chi connectivity index (χ1) is 13.3. The number of carbonyl (C=O) groups excluding carboxylic acids is 2. The largest absolute Gasteiger partial charge is 0.497 e. The van der Waals surface area contributed by atoms with Crippen LogP contribution in [-0.2, 0) is 4.79 Å². The molecular weight excluding hydrogens is 380 g/mol. The van der Waals surface area contributed by atoms with Gasteiger partial charge in [-0.05, 0) is 43.7 Å². The number of anilines is 1. The van der Waals surface area contributed by atoms with Crippen molar-refractivity contribution in [1.82, 2.24) is 4.90 Å². The van der Waals surface area contributed by atoms with Crippen molar-refractivity contribution in [3.63, 3.8) is 0 Å². The summed E-state index contributed by atoms with van der Waals surface area (Å²) in [5.41, 5.74) is 2.16. The molecule has 0 bridgehead atoms. The van der Waals surface area contributed by atoms with Gasteiger partial charge in [-0.25, -0.2) is 0 Å². The van der Waals surface area contributed by atoms with Gasteiger partial charge in [0.05, 0.1) is 14.2 Å². The molecule has 3 rings (SSSR count). The van der Waals surface area contributed by atoms with E-state index >= 15 is 0 Å². The lowest BCUT2D eigenvalue weighted by atomic mass is 10.1. The Morgan fingerprint density at radius 3 is 2.32 bits per heavy atom. The Morgan fingerprint density at radius 1 is 1.07 bits per heavy atom. The molecule has 0 aromatic heterocycles. The predicted molar refractivity (Wildman–Crippen MR) is 109 cm³/mol. The van der Waals surface area contributed by atoms with Gasteiger partial charge in [-0.15, -0.1) is 0 Å². The summed E-state index contributed by atoms with van der Waals surface area (Å²) in [5, 5.41) is 0.572. The highest BCUT2D eigenvalue weighted by atomic mass is 35.5. The van der Waals surface area contributed by atoms with Crippen molar-refractivity contribution in [3.05, 3.63) is 52.5 Å². The molecule has 2 aromatic carbocycles. The van der Waals surface area contributed by atoms with E-state index in [-0.39, 0.29) is 11.8 Å². The zero-order valence-electron chi connectivity index (χ0n) is 16.4. The van der Waals surface area contributed by atoms with Crippen LogP contribution in [-0.4, -0.2) is 50.1 Å². The predicted octanol–water partition coefficient (Wildman–Crippen LogP) is 3.54. The number of hydrogen-bond acceptors (Lipinski definition) is 4. The first-order valence-electron chi connectivity index (χ1n) is 8.97. The van der Waals surface area contributed by atoms with E-state index < -0.39 is 6.04 Å². The van der Waals surface area contributed by atoms with Crippen LogP contribution in [0.2, 0.25) is 5.02 Å². The Bertz CT molecular complexity index is 893. The number of halogens is 1. The summed E-state index contributed by atoms with van der Waals surface area (Å²) < 4.78 is 10.5. The maximum absolute atomic E-state index is 13.1. The summed E-state index contributed by atoms with van der Waals surface area (Å²) in [6.07, 6.45) is 0. The maximum Gasteiger partial charge on any atom is 0.254 e. The zero-order chi connectivity index (χ0) is 20.4. The van der Waals surface area contributed by atoms with Gasteiger partial charge in [0.25, 0.3) is 5.91 Å². The molecule has 1 fully saturated rings. The Balaban J connectivity index is 1.86. The number of methoxy groups -OCH3 is 2. The van der Waals surface area contributed by atoms with Gasteiger partial charge in [-0.3, -0.25) is 9.59 Å². The fraction of sp³-hybridized carbons (Fsp3) is 0.333. The number of piperazine rings is 1. The molecule has 0 spiro atoms. The second-order valence-corrected chi connectivity index (χ2v) is 7.13. The van der Waals surface area contributed by atoms with Crippen LogP contribution in [0.25, 0.3) is 0 Å². The smallest absolute Gasteiger partial charge is 0.254 e. The van der Waals surface area contributed by atoms with Crippen LogP contribution in [0.1, 0.15) is 22.8 Å². The number of amides is 2. The van der Waals surface area contributed by atoms with Gasteiger partial charge in [0.1, 0.15) is 17.5 Å². The number of rotatable bonds is 4. The third kappa shape index (κ3) is 3.78. The summed E-state index contributed by atoms with van der Waals surface area (Å²) >= 11 is 6.11. The summed E-state index contributed by atoms with van der Waals surface area (Å²) in [7, 11) is 3.06. The highest BCUT2D eigenvalue weighted by molar-refractivity contribution is 6.31. The standard InChI is InChI=1S/C21H23ClN2O4/c1-13-5-6-16(22)11-19(13)24-8-7-23(14(2)20(24)25)21(26)15-9-17(27-3)12-18(10-15)28-4/h5-6,9-12,14H,7-8H2,1-4H3/t14-/m1/s1. The second-order valence-electron chi connectivity index (χ2n) is 6.70. The maximum atomic E-state index is 13.1. The molecule has 0 aliphatic carbocycles. The Morgan fingerprint density at radius 2 is 1.71 bits per heavy atom. The number of carbonyl (C=O) groups is 2. The van der Waals surface area contributed by atoms with Crippen molar-refractivity contribution in [2.24, 2.45) is 0 Å². The van der Waals surface area contributed by atoms with Crippen molar-refractivity contribution in [1.29, 1.82) is 0 Å². The lowest BCUT2D eigenvalue weighted by molar-refractivity contribution is -0.124. The van der Waals surface area contributed by atoms with Gasteiger partial charge in [-0.1, -0.05) is 17.7 Å². The molecule has 1 atom stereocenters. The first kappa shape index (κ1) is 20.0. The van der Waals surface area contributed by atoms with Gasteiger partial charge < -0.3 is 19.3 Å². The van der Waals surface area contributed by atoms with Crippen molar-refractivity contribution < 1.29 is 19.1 Å². The fourth-order valence-electron chi connectivity index (χ4n) is 3.36. The zero-order valence-corrected chi connectivity index (χ0v) is 17.1. The molecule has 2 aromatic rings. The van der Waals surface area contributed by atoms with E-state index in [1.54, 1.807) is 47.1 Å². The summed E-state index contributed by atoms with van der Waals surface area (Å²) in [6.45, 7) is 4.49. The minimum Gasteiger partial charge on any atom is -0.497 e. The van der Waals surface area contributed by atoms with Crippen LogP contribution in [0.4, 0.5) is 5.69 Å². The van der Waals surface area contributed by atoms with E-state index in [4.69, 9.17) is 21.1 Å². The minimum absolute atomic E-state index is 0.139. The number of benzene rings is 2. The quantitative estimate of drug-likeness (QED) is 0.784. The van der Waals surface area contributed by atoms with Crippen LogP contribution in [0.5, 0.6) is 11.5 Å². The highest BCUT2D eigenvalue weighted by Crippen LogP contribution is 2.29. The van der Waals surface area contributed by atoms with Gasteiger partial charge in [0.15, 0.2) is 0 Å². The first-order valence-corrected chi connectivity index (χ1v) is 9.35. The monoisotopic (exact) mass is 402 g/mol. The third-order valence-corrected chi connectivity index (χ3v) is 5.21. The molecule has 0 radical (unpaired) electrons. The van der Waals surface area contributed by atoms with E-state index in [1.165, 1.54) is 14.2 Å². The van der Waals surface area contributed by atoms with Crippen molar-refractivity contribution >= 4 is 29.1 Å². The van der Waals surface area contributed by atoms with E-state index in [1.807, 2.05) is 13.0 Å². The minimum atomic E-state index is -0.600. The van der Waals surface area contributed by atoms with Gasteiger partial charge >= 0.3 is 0 Å². The molecule has 6 nitrogen and oxygen atoms in total. The number of nitrogens with zero attached hydrogens (tertiary/aromatic N) is 2. The number of ether oxygens (including phenoxy) is 2. The lowest BCUT2D eigenvalue weighted by Gasteiger charge is -2.39. The van der Waals surface area contributed by atoms with Crippen LogP contribution < -0.4 is 14.4 Å². The van der Waals surface area contributed by atoms with Crippen LogP contribution in [0.15, 0.2) is 36.4 Å². The van der Waals surface area contributed by atoms with Gasteiger partial charge in [0, 0.05) is 35.4 Å². The van der Waals surface area contributed by atoms with Crippen molar-refractivity contribution in [2.75, 3.05) is 32.2 Å². The normalized spacial score (nSPS) is 16.9. The average molecular weight is 403 g/mol. The topological polar surface area (TPSA) is 59.1 Å². The summed E-state index contributed by atoms with van der Waals surface area (Å²) in [5.74, 6) is 0.671. The Labute approximate surface area is 169 Å². The molecule has 28 heavy (non-hydrogen) atoms. The van der Waals surface area contributed by atoms with E-state index in [9.17, 15) is 9.59 Å². The molecular formula is C21H23ClN2O4. The molecule has 1 aliphatic rings. The molecule has 0 saturated carbocycles. The molecule has 148 valence electrons. The molecule has 0 unspecified atom stereocenters. The molecule has 2 amide bonds. The molecule has 7 heteroatoms. The average Bonchev–Trinajstić information content (AvgIpc) is 2.71. The Hall–Kier alpha value is -2.73. The molecule has 1 saturated heterocycles. The highest BCUT2D eigenvalue weighted by Gasteiger charge is 2.36. The van der Waals surface area contributed by atoms with Crippen LogP contribution in [0, 0.1) is 6.92 Å². The van der Waals surface area contributed by atoms with Crippen molar-refractivity contribution in [3.8, 4) is 11.5 Å². The fourth-order valence-corrected chi connectivity index (χ4v) is 3.52. The second kappa shape index (κ2) is 8.10. The van der Waals surface area contributed by atoms with Gasteiger partial charge in [0.2, 0.25) is 5.91 Å². The summed E-state index contributed by atoms with van der Waals surface area (Å²) in [4.78, 5) is 29.4. The number of hydrogen-bond donors (Lipinski definition) is 0. The van der Waals surface area contributed by atoms with Gasteiger partial charge in [-0.2, -0.15) is 0 Å². The van der Waals surface area contributed by atoms with Crippen LogP contribution >= 0.6 is 11.6 Å². The summed E-state index contributed by atoms with van der Waals surface area (Å²) in [6, 6.07) is 9.86.